The van der Waals surface area contributed by atoms with E-state index >= 15 is 0 Å². The molecule has 0 aliphatic rings. The molecule has 0 aliphatic carbocycles. The number of carboxylic acid groups (broad SMARTS) is 1. The summed E-state index contributed by atoms with van der Waals surface area (Å²) in [5, 5.41) is 8.27. The molecule has 0 aliphatic heterocycles. The second-order valence-electron chi connectivity index (χ2n) is 3.06. The van der Waals surface area contributed by atoms with E-state index in [1.54, 1.807) is 0 Å². The first-order valence-corrected chi connectivity index (χ1v) is 3.99. The first kappa shape index (κ1) is 14.8. The van der Waals surface area contributed by atoms with Gasteiger partial charge in [0, 0.05) is 5.57 Å². The molecule has 0 atom stereocenters. The van der Waals surface area contributed by atoms with E-state index < -0.39 is 36.2 Å². The van der Waals surface area contributed by atoms with Crippen molar-refractivity contribution in [2.45, 2.75) is 25.7 Å². The molecule has 8 heteroatoms. The Balaban J connectivity index is 4.86. The maximum absolute atomic E-state index is 12.0. The summed E-state index contributed by atoms with van der Waals surface area (Å²) in [6, 6.07) is 0. The minimum atomic E-state index is -5.44. The number of alkyl halides is 6. The molecule has 0 amide bonds. The number of rotatable bonds is 3. The molecule has 16 heavy (non-hydrogen) atoms. The van der Waals surface area contributed by atoms with Crippen LogP contribution in [0.15, 0.2) is 11.6 Å². The third-order valence-electron chi connectivity index (χ3n) is 1.79. The normalized spacial score (nSPS) is 14.4. The molecule has 0 saturated carbocycles. The molecule has 0 radical (unpaired) electrons. The Labute approximate surface area is 86.6 Å². The molecule has 0 fully saturated rings. The van der Waals surface area contributed by atoms with Crippen molar-refractivity contribution in [2.75, 3.05) is 0 Å². The van der Waals surface area contributed by atoms with Crippen LogP contribution < -0.4 is 0 Å². The van der Waals surface area contributed by atoms with Crippen molar-refractivity contribution in [1.82, 2.24) is 0 Å². The third-order valence-corrected chi connectivity index (χ3v) is 1.79. The average Bonchev–Trinajstić information content (AvgIpc) is 1.98. The molecule has 0 saturated heterocycles. The van der Waals surface area contributed by atoms with Gasteiger partial charge in [-0.3, -0.25) is 0 Å². The van der Waals surface area contributed by atoms with Crippen molar-refractivity contribution in [3.05, 3.63) is 11.6 Å². The van der Waals surface area contributed by atoms with Crippen LogP contribution in [-0.2, 0) is 4.79 Å². The van der Waals surface area contributed by atoms with Gasteiger partial charge in [-0.25, -0.2) is 4.79 Å². The molecule has 0 aromatic rings. The van der Waals surface area contributed by atoms with Gasteiger partial charge in [-0.15, -0.1) is 0 Å². The largest absolute Gasteiger partial charge is 0.478 e. The molecule has 0 aromatic carbocycles. The van der Waals surface area contributed by atoms with Gasteiger partial charge in [-0.1, -0.05) is 6.08 Å². The van der Waals surface area contributed by atoms with E-state index in [1.165, 1.54) is 0 Å². The highest BCUT2D eigenvalue weighted by molar-refractivity contribution is 5.85. The average molecular weight is 250 g/mol. The first-order valence-electron chi connectivity index (χ1n) is 3.99. The van der Waals surface area contributed by atoms with Crippen molar-refractivity contribution in [2.24, 2.45) is 5.92 Å². The number of allylic oxidation sites excluding steroid dienone is 1. The lowest BCUT2D eigenvalue weighted by Gasteiger charge is -2.21. The van der Waals surface area contributed by atoms with Gasteiger partial charge >= 0.3 is 18.3 Å². The lowest BCUT2D eigenvalue weighted by atomic mass is 10.0. The van der Waals surface area contributed by atoms with E-state index in [1.807, 2.05) is 0 Å². The van der Waals surface area contributed by atoms with E-state index in [0.29, 0.717) is 6.08 Å². The minimum absolute atomic E-state index is 0.411. The molecule has 0 unspecified atom stereocenters. The Morgan fingerprint density at radius 1 is 1.19 bits per heavy atom. The molecular formula is C8H8F6O2. The van der Waals surface area contributed by atoms with E-state index in [0.717, 1.165) is 6.92 Å². The number of hydrogen-bond donors (Lipinski definition) is 1. The van der Waals surface area contributed by atoms with E-state index in [4.69, 9.17) is 5.11 Å². The quantitative estimate of drug-likeness (QED) is 0.617. The fourth-order valence-electron chi connectivity index (χ4n) is 0.835. The number of carboxylic acids is 1. The summed E-state index contributed by atoms with van der Waals surface area (Å²) < 4.78 is 71.8. The SMILES string of the molecule is C/C(=C\CC(C(F)(F)F)C(F)(F)F)C(=O)O. The zero-order chi connectivity index (χ0) is 13.1. The zero-order valence-corrected chi connectivity index (χ0v) is 7.99. The standard InChI is InChI=1S/C8H8F6O2/c1-4(6(15)16)2-3-5(7(9,10)11)8(12,13)14/h2,5H,3H2,1H3,(H,15,16)/b4-2+. The van der Waals surface area contributed by atoms with Crippen molar-refractivity contribution in [3.63, 3.8) is 0 Å². The highest BCUT2D eigenvalue weighted by Gasteiger charge is 2.55. The summed E-state index contributed by atoms with van der Waals surface area (Å²) >= 11 is 0. The third kappa shape index (κ3) is 4.54. The second-order valence-corrected chi connectivity index (χ2v) is 3.06. The molecule has 0 rings (SSSR count). The van der Waals surface area contributed by atoms with Crippen LogP contribution in [0.2, 0.25) is 0 Å². The van der Waals surface area contributed by atoms with Crippen LogP contribution in [0.5, 0.6) is 0 Å². The maximum Gasteiger partial charge on any atom is 0.400 e. The Bertz CT molecular complexity index is 274. The summed E-state index contributed by atoms with van der Waals surface area (Å²) in [4.78, 5) is 10.2. The lowest BCUT2D eigenvalue weighted by molar-refractivity contribution is -0.282. The van der Waals surface area contributed by atoms with Crippen LogP contribution in [0, 0.1) is 5.92 Å². The van der Waals surface area contributed by atoms with Crippen LogP contribution in [0.3, 0.4) is 0 Å². The summed E-state index contributed by atoms with van der Waals surface area (Å²) in [6.45, 7) is 0.923. The smallest absolute Gasteiger partial charge is 0.400 e. The van der Waals surface area contributed by atoms with Crippen LogP contribution in [-0.4, -0.2) is 23.4 Å². The van der Waals surface area contributed by atoms with Gasteiger partial charge in [-0.2, -0.15) is 26.3 Å². The van der Waals surface area contributed by atoms with E-state index in [9.17, 15) is 31.1 Å². The van der Waals surface area contributed by atoms with Gasteiger partial charge in [0.15, 0.2) is 5.92 Å². The summed E-state index contributed by atoms with van der Waals surface area (Å²) in [5.74, 6) is -5.09. The van der Waals surface area contributed by atoms with Gasteiger partial charge < -0.3 is 5.11 Å². The highest BCUT2D eigenvalue weighted by atomic mass is 19.4. The Hall–Kier alpha value is -1.21. The maximum atomic E-state index is 12.0. The fraction of sp³-hybridized carbons (Fsp3) is 0.625. The number of aliphatic carboxylic acids is 1. The van der Waals surface area contributed by atoms with Crippen LogP contribution in [0.4, 0.5) is 26.3 Å². The molecule has 2 nitrogen and oxygen atoms in total. The number of carbonyl (C=O) groups is 1. The monoisotopic (exact) mass is 250 g/mol. The topological polar surface area (TPSA) is 37.3 Å². The summed E-state index contributed by atoms with van der Waals surface area (Å²) in [5.41, 5.74) is -0.557. The fourth-order valence-corrected chi connectivity index (χ4v) is 0.835. The Kier molecular flexibility index (Phi) is 4.39. The predicted molar refractivity (Wildman–Crippen MR) is 41.6 cm³/mol. The van der Waals surface area contributed by atoms with Crippen molar-refractivity contribution >= 4 is 5.97 Å². The molecule has 94 valence electrons. The van der Waals surface area contributed by atoms with E-state index in [-0.39, 0.29) is 0 Å². The molecule has 0 bridgehead atoms. The van der Waals surface area contributed by atoms with Crippen LogP contribution >= 0.6 is 0 Å². The van der Waals surface area contributed by atoms with Crippen LogP contribution in [0.1, 0.15) is 13.3 Å². The summed E-state index contributed by atoms with van der Waals surface area (Å²) in [7, 11) is 0. The van der Waals surface area contributed by atoms with E-state index in [2.05, 4.69) is 0 Å². The predicted octanol–water partition coefficient (Wildman–Crippen LogP) is 3.15. The molecule has 0 spiro atoms. The molecule has 0 aromatic heterocycles. The minimum Gasteiger partial charge on any atom is -0.478 e. The second kappa shape index (κ2) is 4.75. The highest BCUT2D eigenvalue weighted by Crippen LogP contribution is 2.41. The molecular weight excluding hydrogens is 242 g/mol. The first-order chi connectivity index (χ1) is 6.96. The Morgan fingerprint density at radius 3 is 1.81 bits per heavy atom. The van der Waals surface area contributed by atoms with Gasteiger partial charge in [0.2, 0.25) is 0 Å². The van der Waals surface area contributed by atoms with Gasteiger partial charge in [-0.05, 0) is 13.3 Å². The van der Waals surface area contributed by atoms with Crippen molar-refractivity contribution < 1.29 is 36.2 Å². The number of hydrogen-bond acceptors (Lipinski definition) is 1. The Morgan fingerprint density at radius 2 is 1.56 bits per heavy atom. The van der Waals surface area contributed by atoms with Crippen molar-refractivity contribution in [3.8, 4) is 0 Å². The zero-order valence-electron chi connectivity index (χ0n) is 7.99. The van der Waals surface area contributed by atoms with Crippen LogP contribution in [0.25, 0.3) is 0 Å². The van der Waals surface area contributed by atoms with Crippen molar-refractivity contribution in [1.29, 1.82) is 0 Å². The molecule has 0 heterocycles. The summed E-state index contributed by atoms with van der Waals surface area (Å²) in [6.07, 6.45) is -11.9. The van der Waals surface area contributed by atoms with Gasteiger partial charge in [0.05, 0.1) is 0 Å². The molecule has 1 N–H and O–H groups in total. The van der Waals surface area contributed by atoms with Gasteiger partial charge in [0.1, 0.15) is 0 Å². The van der Waals surface area contributed by atoms with Gasteiger partial charge in [0.25, 0.3) is 0 Å². The lowest BCUT2D eigenvalue weighted by Crippen LogP contribution is -2.36. The number of halogens is 6.